The van der Waals surface area contributed by atoms with Crippen LogP contribution in [0.3, 0.4) is 0 Å². The number of methoxy groups -OCH3 is 1. The van der Waals surface area contributed by atoms with E-state index < -0.39 is 22.8 Å². The number of hydrogen-bond acceptors (Lipinski definition) is 6. The number of carbonyl (C=O) groups excluding carboxylic acids is 2. The minimum Gasteiger partial charge on any atom is -0.493 e. The van der Waals surface area contributed by atoms with Crippen LogP contribution in [0.25, 0.3) is 0 Å². The lowest BCUT2D eigenvalue weighted by atomic mass is 10.0. The molecular formula is C15H12N2O6. The minimum atomic E-state index is -0.862. The van der Waals surface area contributed by atoms with Gasteiger partial charge < -0.3 is 9.47 Å². The predicted octanol–water partition coefficient (Wildman–Crippen LogP) is 1.56. The van der Waals surface area contributed by atoms with Crippen LogP contribution < -0.4 is 9.47 Å². The molecule has 23 heavy (non-hydrogen) atoms. The van der Waals surface area contributed by atoms with Crippen molar-refractivity contribution in [3.8, 4) is 24.0 Å². The standard InChI is InChI=1S/C15H12N2O6/c1-4-23-13-8-11(17(20)21)10(7-12(13)22-3)9(2)16-14(18)5-6-15(16)19/h1,5-9H,2-3H3. The Kier molecular flexibility index (Phi) is 4.32. The predicted molar refractivity (Wildman–Crippen MR) is 78.5 cm³/mol. The van der Waals surface area contributed by atoms with E-state index in [1.807, 2.05) is 6.11 Å². The summed E-state index contributed by atoms with van der Waals surface area (Å²) in [5, 5.41) is 11.3. The number of nitro groups is 1. The zero-order valence-corrected chi connectivity index (χ0v) is 12.3. The van der Waals surface area contributed by atoms with Gasteiger partial charge in [0.05, 0.1) is 29.7 Å². The third-order valence-electron chi connectivity index (χ3n) is 3.36. The van der Waals surface area contributed by atoms with Crippen molar-refractivity contribution in [2.45, 2.75) is 13.0 Å². The zero-order valence-electron chi connectivity index (χ0n) is 12.3. The van der Waals surface area contributed by atoms with Gasteiger partial charge in [0.1, 0.15) is 6.11 Å². The van der Waals surface area contributed by atoms with E-state index in [0.29, 0.717) is 0 Å². The summed E-state index contributed by atoms with van der Waals surface area (Å²) in [5.74, 6) is -0.934. The first kappa shape index (κ1) is 16.0. The smallest absolute Gasteiger partial charge is 0.278 e. The van der Waals surface area contributed by atoms with Crippen molar-refractivity contribution >= 4 is 17.5 Å². The number of hydrogen-bond donors (Lipinski definition) is 0. The number of rotatable bonds is 5. The highest BCUT2D eigenvalue weighted by Gasteiger charge is 2.34. The average molecular weight is 316 g/mol. The van der Waals surface area contributed by atoms with E-state index in [-0.39, 0.29) is 22.7 Å². The summed E-state index contributed by atoms with van der Waals surface area (Å²) >= 11 is 0. The minimum absolute atomic E-state index is 0.00477. The summed E-state index contributed by atoms with van der Waals surface area (Å²) in [4.78, 5) is 35.1. The van der Waals surface area contributed by atoms with Crippen LogP contribution in [-0.4, -0.2) is 28.7 Å². The van der Waals surface area contributed by atoms with Crippen molar-refractivity contribution in [1.29, 1.82) is 0 Å². The molecular weight excluding hydrogens is 304 g/mol. The van der Waals surface area contributed by atoms with Crippen molar-refractivity contribution in [3.05, 3.63) is 40.0 Å². The SMILES string of the molecule is C#COc1cc([N+](=O)[O-])c(C(C)N2C(=O)C=CC2=O)cc1OC. The molecule has 0 aromatic heterocycles. The first-order chi connectivity index (χ1) is 10.9. The Labute approximate surface area is 131 Å². The fourth-order valence-corrected chi connectivity index (χ4v) is 2.29. The maximum absolute atomic E-state index is 11.8. The van der Waals surface area contributed by atoms with Gasteiger partial charge in [0, 0.05) is 12.2 Å². The van der Waals surface area contributed by atoms with Crippen LogP contribution in [0.5, 0.6) is 11.5 Å². The number of nitro benzene ring substituents is 1. The van der Waals surface area contributed by atoms with Crippen molar-refractivity contribution in [1.82, 2.24) is 4.90 Å². The van der Waals surface area contributed by atoms with Crippen LogP contribution in [0.15, 0.2) is 24.3 Å². The molecule has 1 heterocycles. The topological polar surface area (TPSA) is 99.0 Å². The molecule has 2 amide bonds. The molecule has 1 atom stereocenters. The molecule has 0 bridgehead atoms. The molecule has 1 aromatic rings. The fourth-order valence-electron chi connectivity index (χ4n) is 2.29. The van der Waals surface area contributed by atoms with Crippen molar-refractivity contribution in [2.24, 2.45) is 0 Å². The molecule has 1 aliphatic rings. The van der Waals surface area contributed by atoms with E-state index in [9.17, 15) is 19.7 Å². The summed E-state index contributed by atoms with van der Waals surface area (Å²) in [6.07, 6.45) is 9.17. The van der Waals surface area contributed by atoms with E-state index in [4.69, 9.17) is 15.9 Å². The zero-order chi connectivity index (χ0) is 17.1. The summed E-state index contributed by atoms with van der Waals surface area (Å²) < 4.78 is 9.95. The number of imide groups is 1. The Hall–Kier alpha value is -3.34. The fraction of sp³-hybridized carbons (Fsp3) is 0.200. The Balaban J connectivity index is 2.56. The van der Waals surface area contributed by atoms with Gasteiger partial charge >= 0.3 is 0 Å². The second kappa shape index (κ2) is 6.19. The molecule has 0 aliphatic carbocycles. The normalized spacial score (nSPS) is 14.6. The summed E-state index contributed by atoms with van der Waals surface area (Å²) in [6.45, 7) is 1.51. The molecule has 2 rings (SSSR count). The molecule has 1 unspecified atom stereocenters. The Morgan fingerprint density at radius 3 is 2.35 bits per heavy atom. The lowest BCUT2D eigenvalue weighted by Gasteiger charge is -2.23. The molecule has 0 radical (unpaired) electrons. The second-order valence-electron chi connectivity index (χ2n) is 4.59. The van der Waals surface area contributed by atoms with Gasteiger partial charge in [-0.2, -0.15) is 0 Å². The van der Waals surface area contributed by atoms with Gasteiger partial charge in [-0.15, -0.1) is 0 Å². The Bertz CT molecular complexity index is 744. The summed E-state index contributed by atoms with van der Waals surface area (Å²) in [7, 11) is 1.34. The summed E-state index contributed by atoms with van der Waals surface area (Å²) in [5.41, 5.74) is -0.210. The lowest BCUT2D eigenvalue weighted by Crippen LogP contribution is -2.33. The number of amides is 2. The third-order valence-corrected chi connectivity index (χ3v) is 3.36. The quantitative estimate of drug-likeness (QED) is 0.354. The average Bonchev–Trinajstić information content (AvgIpc) is 2.85. The van der Waals surface area contributed by atoms with Crippen LogP contribution in [0.2, 0.25) is 0 Å². The van der Waals surface area contributed by atoms with Gasteiger partial charge in [0.2, 0.25) is 0 Å². The van der Waals surface area contributed by atoms with E-state index in [1.165, 1.54) is 20.1 Å². The maximum Gasteiger partial charge on any atom is 0.278 e. The van der Waals surface area contributed by atoms with Crippen molar-refractivity contribution in [2.75, 3.05) is 7.11 Å². The molecule has 8 nitrogen and oxygen atoms in total. The number of nitrogens with zero attached hydrogens (tertiary/aromatic N) is 2. The third kappa shape index (κ3) is 2.85. The van der Waals surface area contributed by atoms with Crippen LogP contribution in [0.4, 0.5) is 5.69 Å². The van der Waals surface area contributed by atoms with Crippen LogP contribution >= 0.6 is 0 Å². The molecule has 1 aromatic carbocycles. The van der Waals surface area contributed by atoms with Crippen molar-refractivity contribution < 1.29 is 24.0 Å². The van der Waals surface area contributed by atoms with Gasteiger partial charge in [-0.3, -0.25) is 24.6 Å². The first-order valence-electron chi connectivity index (χ1n) is 6.44. The van der Waals surface area contributed by atoms with Gasteiger partial charge in [-0.25, -0.2) is 0 Å². The molecule has 0 spiro atoms. The Morgan fingerprint density at radius 1 is 1.26 bits per heavy atom. The number of carbonyl (C=O) groups is 2. The highest BCUT2D eigenvalue weighted by atomic mass is 16.6. The molecule has 0 fully saturated rings. The van der Waals surface area contributed by atoms with E-state index in [2.05, 4.69) is 0 Å². The van der Waals surface area contributed by atoms with E-state index in [1.54, 1.807) is 0 Å². The monoisotopic (exact) mass is 316 g/mol. The number of benzene rings is 1. The lowest BCUT2D eigenvalue weighted by molar-refractivity contribution is -0.385. The molecule has 8 heteroatoms. The van der Waals surface area contributed by atoms with Crippen LogP contribution in [0.1, 0.15) is 18.5 Å². The first-order valence-corrected chi connectivity index (χ1v) is 6.44. The van der Waals surface area contributed by atoms with Gasteiger partial charge in [0.25, 0.3) is 17.5 Å². The Morgan fingerprint density at radius 2 is 1.87 bits per heavy atom. The van der Waals surface area contributed by atoms with Gasteiger partial charge in [-0.1, -0.05) is 6.42 Å². The van der Waals surface area contributed by atoms with E-state index >= 15 is 0 Å². The molecule has 118 valence electrons. The molecule has 1 aliphatic heterocycles. The molecule has 0 saturated carbocycles. The van der Waals surface area contributed by atoms with Crippen LogP contribution in [0, 0.1) is 22.6 Å². The van der Waals surface area contributed by atoms with Crippen molar-refractivity contribution in [3.63, 3.8) is 0 Å². The number of terminal acetylenes is 1. The highest BCUT2D eigenvalue weighted by Crippen LogP contribution is 2.39. The summed E-state index contributed by atoms with van der Waals surface area (Å²) in [6, 6.07) is 1.57. The number of ether oxygens (including phenoxy) is 2. The highest BCUT2D eigenvalue weighted by molar-refractivity contribution is 6.13. The van der Waals surface area contributed by atoms with E-state index in [0.717, 1.165) is 23.1 Å². The van der Waals surface area contributed by atoms with Gasteiger partial charge in [0.15, 0.2) is 11.5 Å². The van der Waals surface area contributed by atoms with Crippen LogP contribution in [-0.2, 0) is 9.59 Å². The molecule has 0 N–H and O–H groups in total. The molecule has 0 saturated heterocycles. The largest absolute Gasteiger partial charge is 0.493 e. The van der Waals surface area contributed by atoms with Gasteiger partial charge in [-0.05, 0) is 13.0 Å². The maximum atomic E-state index is 11.8. The second-order valence-corrected chi connectivity index (χ2v) is 4.59.